The van der Waals surface area contributed by atoms with Crippen molar-refractivity contribution in [2.24, 2.45) is 7.05 Å². The van der Waals surface area contributed by atoms with Crippen LogP contribution in [0.5, 0.6) is 0 Å². The van der Waals surface area contributed by atoms with Crippen LogP contribution in [0.25, 0.3) is 10.9 Å². The lowest BCUT2D eigenvalue weighted by Gasteiger charge is -2.27. The third kappa shape index (κ3) is 5.05. The van der Waals surface area contributed by atoms with Gasteiger partial charge in [-0.15, -0.1) is 0 Å². The minimum absolute atomic E-state index is 0.0659. The fourth-order valence-electron chi connectivity index (χ4n) is 5.83. The fourth-order valence-corrected chi connectivity index (χ4v) is 5.83. The zero-order valence-corrected chi connectivity index (χ0v) is 21.8. The van der Waals surface area contributed by atoms with Crippen molar-refractivity contribution in [3.63, 3.8) is 0 Å². The summed E-state index contributed by atoms with van der Waals surface area (Å²) >= 11 is 0. The molecule has 3 unspecified atom stereocenters. The molecule has 200 valence electrons. The van der Waals surface area contributed by atoms with Crippen LogP contribution in [0.4, 0.5) is 8.78 Å². The van der Waals surface area contributed by atoms with Crippen LogP contribution in [-0.4, -0.2) is 40.0 Å². The van der Waals surface area contributed by atoms with E-state index >= 15 is 0 Å². The van der Waals surface area contributed by atoms with E-state index in [-0.39, 0.29) is 37.0 Å². The number of amides is 2. The van der Waals surface area contributed by atoms with E-state index in [9.17, 15) is 18.4 Å². The highest BCUT2D eigenvalue weighted by atomic mass is 19.1. The first-order valence-corrected chi connectivity index (χ1v) is 13.5. The van der Waals surface area contributed by atoms with Gasteiger partial charge in [-0.3, -0.25) is 9.59 Å². The summed E-state index contributed by atoms with van der Waals surface area (Å²) in [6.07, 6.45) is 2.61. The molecule has 1 N–H and O–H groups in total. The number of aryl methyl sites for hydroxylation is 1. The maximum atomic E-state index is 15.0. The highest BCUT2D eigenvalue weighted by Crippen LogP contribution is 2.42. The van der Waals surface area contributed by atoms with Crippen molar-refractivity contribution in [3.8, 4) is 0 Å². The topological polar surface area (TPSA) is 54.3 Å². The van der Waals surface area contributed by atoms with Gasteiger partial charge in [0.15, 0.2) is 0 Å². The molecule has 3 atom stereocenters. The Kier molecular flexibility index (Phi) is 6.67. The maximum Gasteiger partial charge on any atom is 0.243 e. The third-order valence-electron chi connectivity index (χ3n) is 7.99. The largest absolute Gasteiger partial charge is 0.350 e. The number of alkyl halides is 1. The minimum atomic E-state index is -1.29. The van der Waals surface area contributed by atoms with E-state index in [4.69, 9.17) is 0 Å². The smallest absolute Gasteiger partial charge is 0.243 e. The van der Waals surface area contributed by atoms with Crippen LogP contribution in [0.15, 0.2) is 79.0 Å². The van der Waals surface area contributed by atoms with Gasteiger partial charge in [0.25, 0.3) is 0 Å². The number of aromatic nitrogens is 1. The van der Waals surface area contributed by atoms with E-state index in [2.05, 4.69) is 5.32 Å². The second kappa shape index (κ2) is 10.3. The highest BCUT2D eigenvalue weighted by Gasteiger charge is 2.40. The lowest BCUT2D eigenvalue weighted by Crippen LogP contribution is -2.47. The van der Waals surface area contributed by atoms with Gasteiger partial charge in [0, 0.05) is 30.6 Å². The average molecular weight is 528 g/mol. The van der Waals surface area contributed by atoms with Gasteiger partial charge in [-0.2, -0.15) is 0 Å². The number of carbonyl (C=O) groups is 2. The van der Waals surface area contributed by atoms with Gasteiger partial charge in [0.1, 0.15) is 18.0 Å². The first-order chi connectivity index (χ1) is 18.9. The normalized spacial score (nSPS) is 19.8. The van der Waals surface area contributed by atoms with E-state index < -0.39 is 24.2 Å². The molecule has 1 aliphatic carbocycles. The molecule has 1 aliphatic heterocycles. The number of halogens is 2. The number of carbonyl (C=O) groups excluding carboxylic acids is 2. The number of hydrogen-bond donors (Lipinski definition) is 1. The second-order valence-electron chi connectivity index (χ2n) is 10.8. The lowest BCUT2D eigenvalue weighted by atomic mass is 9.96. The Morgan fingerprint density at radius 2 is 1.74 bits per heavy atom. The Bertz CT molecular complexity index is 1530. The van der Waals surface area contributed by atoms with E-state index in [0.717, 1.165) is 34.9 Å². The van der Waals surface area contributed by atoms with Crippen LogP contribution in [0.3, 0.4) is 0 Å². The van der Waals surface area contributed by atoms with Gasteiger partial charge in [-0.25, -0.2) is 8.78 Å². The summed E-state index contributed by atoms with van der Waals surface area (Å²) in [6, 6.07) is 20.7. The van der Waals surface area contributed by atoms with E-state index in [0.29, 0.717) is 11.1 Å². The molecule has 0 radical (unpaired) electrons. The van der Waals surface area contributed by atoms with Crippen LogP contribution in [-0.2, 0) is 23.1 Å². The number of rotatable bonds is 7. The molecular weight excluding hydrogens is 496 g/mol. The van der Waals surface area contributed by atoms with Crippen molar-refractivity contribution in [3.05, 3.63) is 107 Å². The summed E-state index contributed by atoms with van der Waals surface area (Å²) in [7, 11) is 1.92. The van der Waals surface area contributed by atoms with Crippen LogP contribution in [0.2, 0.25) is 0 Å². The van der Waals surface area contributed by atoms with E-state index in [1.54, 1.807) is 6.07 Å². The summed E-state index contributed by atoms with van der Waals surface area (Å²) in [6.45, 7) is -0.123. The summed E-state index contributed by atoms with van der Waals surface area (Å²) in [5.74, 6) is -0.739. The zero-order valence-electron chi connectivity index (χ0n) is 21.8. The number of hydrogen-bond acceptors (Lipinski definition) is 2. The van der Waals surface area contributed by atoms with Crippen LogP contribution in [0, 0.1) is 5.82 Å². The second-order valence-corrected chi connectivity index (χ2v) is 10.8. The Morgan fingerprint density at radius 3 is 2.49 bits per heavy atom. The molecule has 5 nitrogen and oxygen atoms in total. The van der Waals surface area contributed by atoms with Gasteiger partial charge in [-0.1, -0.05) is 60.7 Å². The predicted molar refractivity (Wildman–Crippen MR) is 146 cm³/mol. The summed E-state index contributed by atoms with van der Waals surface area (Å²) in [5.41, 5.74) is 3.95. The molecule has 3 aromatic carbocycles. The Balaban J connectivity index is 1.25. The monoisotopic (exact) mass is 527 g/mol. The van der Waals surface area contributed by atoms with E-state index in [1.807, 2.05) is 78.5 Å². The van der Waals surface area contributed by atoms with Gasteiger partial charge in [-0.05, 0) is 53.1 Å². The predicted octanol–water partition coefficient (Wildman–Crippen LogP) is 5.58. The molecule has 1 aromatic heterocycles. The van der Waals surface area contributed by atoms with Gasteiger partial charge >= 0.3 is 0 Å². The van der Waals surface area contributed by atoms with Crippen molar-refractivity contribution in [1.29, 1.82) is 0 Å². The van der Waals surface area contributed by atoms with Gasteiger partial charge in [0.05, 0.1) is 19.0 Å². The Labute approximate surface area is 226 Å². The summed E-state index contributed by atoms with van der Waals surface area (Å²) in [5, 5.41) is 3.98. The lowest BCUT2D eigenvalue weighted by molar-refractivity contribution is -0.138. The third-order valence-corrected chi connectivity index (χ3v) is 7.99. The molecule has 2 amide bonds. The highest BCUT2D eigenvalue weighted by molar-refractivity contribution is 5.93. The standard InChI is InChI=1S/C32H31F2N3O2/c1-36-18-23(26-9-5-6-10-28(26)36)16-30(38)37-19-24(33)17-29(37)32(39)35-31(21-7-3-2-4-8-21)22-13-14-25(20-11-12-20)27(34)15-22/h2-10,13-15,18,20,24,29,31H,11-12,16-17,19H2,1H3,(H,35,39). The molecule has 6 rings (SSSR count). The number of benzene rings is 3. The van der Waals surface area contributed by atoms with Gasteiger partial charge < -0.3 is 14.8 Å². The number of fused-ring (bicyclic) bond motifs is 1. The van der Waals surface area contributed by atoms with Crippen molar-refractivity contribution < 1.29 is 18.4 Å². The number of likely N-dealkylation sites (tertiary alicyclic amines) is 1. The summed E-state index contributed by atoms with van der Waals surface area (Å²) in [4.78, 5) is 28.4. The first kappa shape index (κ1) is 25.3. The first-order valence-electron chi connectivity index (χ1n) is 13.5. The number of nitrogens with zero attached hydrogens (tertiary/aromatic N) is 2. The molecule has 1 saturated heterocycles. The molecule has 39 heavy (non-hydrogen) atoms. The molecular formula is C32H31F2N3O2. The molecule has 0 spiro atoms. The van der Waals surface area contributed by atoms with E-state index in [1.165, 1.54) is 11.0 Å². The Hall–Kier alpha value is -4.00. The SMILES string of the molecule is Cn1cc(CC(=O)N2CC(F)CC2C(=O)NC(c2ccccc2)c2ccc(C3CC3)c(F)c2)c2ccccc21. The van der Waals surface area contributed by atoms with Gasteiger partial charge in [0.2, 0.25) is 11.8 Å². The summed E-state index contributed by atoms with van der Waals surface area (Å²) < 4.78 is 31.6. The van der Waals surface area contributed by atoms with Crippen LogP contribution >= 0.6 is 0 Å². The number of para-hydroxylation sites is 1. The fraction of sp³-hybridized carbons (Fsp3) is 0.312. The molecule has 4 aromatic rings. The molecule has 1 saturated carbocycles. The molecule has 7 heteroatoms. The Morgan fingerprint density at radius 1 is 1.00 bits per heavy atom. The molecule has 2 fully saturated rings. The van der Waals surface area contributed by atoms with Crippen LogP contribution < -0.4 is 5.32 Å². The quantitative estimate of drug-likeness (QED) is 0.341. The van der Waals surface area contributed by atoms with Crippen molar-refractivity contribution in [2.45, 2.75) is 49.9 Å². The maximum absolute atomic E-state index is 15.0. The van der Waals surface area contributed by atoms with Crippen molar-refractivity contribution >= 4 is 22.7 Å². The number of nitrogens with one attached hydrogen (secondary N) is 1. The van der Waals surface area contributed by atoms with Crippen LogP contribution in [0.1, 0.15) is 53.5 Å². The molecule has 2 aliphatic rings. The molecule has 2 heterocycles. The minimum Gasteiger partial charge on any atom is -0.350 e. The van der Waals surface area contributed by atoms with Crippen molar-refractivity contribution in [1.82, 2.24) is 14.8 Å². The zero-order chi connectivity index (χ0) is 27.1. The molecule has 0 bridgehead atoms. The average Bonchev–Trinajstić information content (AvgIpc) is 3.63. The van der Waals surface area contributed by atoms with Crippen molar-refractivity contribution in [2.75, 3.05) is 6.54 Å².